The lowest BCUT2D eigenvalue weighted by molar-refractivity contribution is -0.121. The molecule has 1 aliphatic carbocycles. The van der Waals surface area contributed by atoms with Crippen LogP contribution in [0.3, 0.4) is 0 Å². The summed E-state index contributed by atoms with van der Waals surface area (Å²) in [5.41, 5.74) is 3.34. The molecule has 3 N–H and O–H groups in total. The molecule has 0 bridgehead atoms. The molecule has 1 aliphatic rings. The summed E-state index contributed by atoms with van der Waals surface area (Å²) in [6.45, 7) is 3.19. The smallest absolute Gasteiger partial charge is 0.408 e. The number of aromatic carboxylic acids is 1. The van der Waals surface area contributed by atoms with Crippen molar-refractivity contribution < 1.29 is 24.2 Å². The van der Waals surface area contributed by atoms with Gasteiger partial charge in [-0.3, -0.25) is 4.79 Å². The van der Waals surface area contributed by atoms with Gasteiger partial charge in [-0.25, -0.2) is 9.59 Å². The van der Waals surface area contributed by atoms with Crippen LogP contribution in [0, 0.1) is 0 Å². The van der Waals surface area contributed by atoms with Crippen LogP contribution in [0.15, 0.2) is 66.7 Å². The molecule has 7 nitrogen and oxygen atoms in total. The lowest BCUT2D eigenvalue weighted by Crippen LogP contribution is -2.52. The van der Waals surface area contributed by atoms with Gasteiger partial charge in [-0.1, -0.05) is 60.1 Å². The summed E-state index contributed by atoms with van der Waals surface area (Å²) in [6.07, 6.45) is -0.727. The van der Waals surface area contributed by atoms with E-state index in [-0.39, 0.29) is 28.8 Å². The number of fused-ring (bicyclic) bond motifs is 3. The second-order valence-corrected chi connectivity index (χ2v) is 8.94. The fourth-order valence-corrected chi connectivity index (χ4v) is 4.20. The fraction of sp³-hybridized carbons (Fsp3) is 0.192. The average Bonchev–Trinajstić information content (AvgIpc) is 3.12. The third-order valence-corrected chi connectivity index (χ3v) is 6.10. The minimum absolute atomic E-state index is 0.000906. The van der Waals surface area contributed by atoms with E-state index in [2.05, 4.69) is 22.8 Å². The molecule has 174 valence electrons. The predicted octanol–water partition coefficient (Wildman–Crippen LogP) is 5.29. The van der Waals surface area contributed by atoms with Crippen LogP contribution >= 0.6 is 11.6 Å². The van der Waals surface area contributed by atoms with E-state index < -0.39 is 23.5 Å². The SMILES string of the molecule is CC(C)(NC(=O)OCC1c2ccccc2-c2ccccc21)C(=O)Nc1ccc(C(=O)O)cc1Cl. The topological polar surface area (TPSA) is 105 Å². The van der Waals surface area contributed by atoms with E-state index in [1.54, 1.807) is 0 Å². The van der Waals surface area contributed by atoms with Crippen LogP contribution in [-0.4, -0.2) is 35.2 Å². The number of halogens is 1. The first-order valence-electron chi connectivity index (χ1n) is 10.6. The van der Waals surface area contributed by atoms with Gasteiger partial charge in [0.05, 0.1) is 16.3 Å². The Bertz CT molecular complexity index is 1240. The quantitative estimate of drug-likeness (QED) is 0.446. The van der Waals surface area contributed by atoms with Gasteiger partial charge in [0.15, 0.2) is 0 Å². The molecule has 0 unspecified atom stereocenters. The molecule has 3 aromatic rings. The molecule has 0 fully saturated rings. The molecule has 0 aliphatic heterocycles. The molecule has 0 spiro atoms. The highest BCUT2D eigenvalue weighted by Gasteiger charge is 2.33. The summed E-state index contributed by atoms with van der Waals surface area (Å²) in [5, 5.41) is 14.3. The molecular weight excluding hydrogens is 456 g/mol. The van der Waals surface area contributed by atoms with Gasteiger partial charge in [-0.15, -0.1) is 0 Å². The largest absolute Gasteiger partial charge is 0.478 e. The summed E-state index contributed by atoms with van der Waals surface area (Å²) in [7, 11) is 0. The van der Waals surface area contributed by atoms with E-state index in [0.717, 1.165) is 22.3 Å². The molecular formula is C26H23ClN2O5. The van der Waals surface area contributed by atoms with Crippen molar-refractivity contribution in [3.8, 4) is 11.1 Å². The van der Waals surface area contributed by atoms with Crippen LogP contribution in [-0.2, 0) is 9.53 Å². The first-order chi connectivity index (χ1) is 16.2. The van der Waals surface area contributed by atoms with Crippen molar-refractivity contribution in [3.05, 3.63) is 88.4 Å². The summed E-state index contributed by atoms with van der Waals surface area (Å²) in [6, 6.07) is 20.0. The van der Waals surface area contributed by atoms with E-state index in [9.17, 15) is 14.4 Å². The van der Waals surface area contributed by atoms with E-state index in [4.69, 9.17) is 21.4 Å². The molecule has 34 heavy (non-hydrogen) atoms. The first kappa shape index (κ1) is 23.3. The number of rotatable bonds is 6. The molecule has 0 saturated carbocycles. The van der Waals surface area contributed by atoms with Crippen LogP contribution in [0.2, 0.25) is 5.02 Å². The Morgan fingerprint density at radius 2 is 1.56 bits per heavy atom. The number of alkyl carbamates (subject to hydrolysis) is 1. The molecule has 8 heteroatoms. The Labute approximate surface area is 201 Å². The Balaban J connectivity index is 1.40. The Hall–Kier alpha value is -3.84. The van der Waals surface area contributed by atoms with Gasteiger partial charge in [0.25, 0.3) is 0 Å². The number of carbonyl (C=O) groups excluding carboxylic acids is 2. The highest BCUT2D eigenvalue weighted by molar-refractivity contribution is 6.34. The zero-order valence-electron chi connectivity index (χ0n) is 18.6. The number of carboxylic acid groups (broad SMARTS) is 1. The molecule has 4 rings (SSSR count). The normalized spacial score (nSPS) is 12.4. The lowest BCUT2D eigenvalue weighted by Gasteiger charge is -2.25. The van der Waals surface area contributed by atoms with Crippen LogP contribution < -0.4 is 10.6 Å². The van der Waals surface area contributed by atoms with Gasteiger partial charge in [0.1, 0.15) is 12.1 Å². The maximum Gasteiger partial charge on any atom is 0.408 e. The van der Waals surface area contributed by atoms with Gasteiger partial charge < -0.3 is 20.5 Å². The number of carboxylic acids is 1. The second-order valence-electron chi connectivity index (χ2n) is 8.53. The molecule has 2 amide bonds. The van der Waals surface area contributed by atoms with Gasteiger partial charge in [-0.05, 0) is 54.3 Å². The van der Waals surface area contributed by atoms with Crippen molar-refractivity contribution in [2.75, 3.05) is 11.9 Å². The number of amides is 2. The Morgan fingerprint density at radius 3 is 2.12 bits per heavy atom. The third-order valence-electron chi connectivity index (χ3n) is 5.79. The van der Waals surface area contributed by atoms with E-state index >= 15 is 0 Å². The van der Waals surface area contributed by atoms with Crippen molar-refractivity contribution in [3.63, 3.8) is 0 Å². The number of nitrogens with one attached hydrogen (secondary N) is 2. The van der Waals surface area contributed by atoms with Crippen molar-refractivity contribution in [1.82, 2.24) is 5.32 Å². The minimum Gasteiger partial charge on any atom is -0.478 e. The van der Waals surface area contributed by atoms with Crippen LogP contribution in [0.5, 0.6) is 0 Å². The maximum absolute atomic E-state index is 12.8. The van der Waals surface area contributed by atoms with E-state index in [0.29, 0.717) is 0 Å². The molecule has 0 heterocycles. The summed E-state index contributed by atoms with van der Waals surface area (Å²) in [5.74, 6) is -1.76. The minimum atomic E-state index is -1.32. The van der Waals surface area contributed by atoms with Crippen LogP contribution in [0.1, 0.15) is 41.3 Å². The van der Waals surface area contributed by atoms with Crippen LogP contribution in [0.4, 0.5) is 10.5 Å². The molecule has 0 atom stereocenters. The third kappa shape index (κ3) is 4.61. The average molecular weight is 479 g/mol. The van der Waals surface area contributed by atoms with Crippen molar-refractivity contribution in [2.24, 2.45) is 0 Å². The highest BCUT2D eigenvalue weighted by atomic mass is 35.5. The van der Waals surface area contributed by atoms with Gasteiger partial charge in [-0.2, -0.15) is 0 Å². The Kier molecular flexibility index (Phi) is 6.30. The standard InChI is InChI=1S/C26H23ClN2O5/c1-26(2,24(32)28-22-12-11-15(23(30)31)13-21(22)27)29-25(33)34-14-20-18-9-5-3-7-16(18)17-8-4-6-10-19(17)20/h3-13,20H,14H2,1-2H3,(H,28,32)(H,29,33)(H,30,31). The zero-order valence-corrected chi connectivity index (χ0v) is 19.3. The zero-order chi connectivity index (χ0) is 24.5. The number of hydrogen-bond donors (Lipinski definition) is 3. The number of carbonyl (C=O) groups is 3. The van der Waals surface area contributed by atoms with Gasteiger partial charge in [0, 0.05) is 5.92 Å². The summed E-state index contributed by atoms with van der Waals surface area (Å²) < 4.78 is 5.52. The van der Waals surface area contributed by atoms with Gasteiger partial charge in [0.2, 0.25) is 5.91 Å². The highest BCUT2D eigenvalue weighted by Crippen LogP contribution is 2.44. The number of ether oxygens (including phenoxy) is 1. The fourth-order valence-electron chi connectivity index (χ4n) is 3.97. The number of benzene rings is 3. The predicted molar refractivity (Wildman–Crippen MR) is 129 cm³/mol. The van der Waals surface area contributed by atoms with Gasteiger partial charge >= 0.3 is 12.1 Å². The van der Waals surface area contributed by atoms with Crippen LogP contribution in [0.25, 0.3) is 11.1 Å². The molecule has 0 aromatic heterocycles. The van der Waals surface area contributed by atoms with Crippen molar-refractivity contribution >= 4 is 35.3 Å². The Morgan fingerprint density at radius 1 is 0.971 bits per heavy atom. The summed E-state index contributed by atoms with van der Waals surface area (Å²) >= 11 is 6.09. The van der Waals surface area contributed by atoms with Crippen molar-refractivity contribution in [2.45, 2.75) is 25.3 Å². The molecule has 0 radical (unpaired) electrons. The monoisotopic (exact) mass is 478 g/mol. The van der Waals surface area contributed by atoms with Crippen molar-refractivity contribution in [1.29, 1.82) is 0 Å². The molecule has 0 saturated heterocycles. The first-order valence-corrected chi connectivity index (χ1v) is 11.0. The maximum atomic E-state index is 12.8. The number of anilines is 1. The van der Waals surface area contributed by atoms with E-state index in [1.165, 1.54) is 32.0 Å². The molecule has 3 aromatic carbocycles. The summed E-state index contributed by atoms with van der Waals surface area (Å²) in [4.78, 5) is 36.4. The second kappa shape index (κ2) is 9.19. The van der Waals surface area contributed by atoms with E-state index in [1.807, 2.05) is 36.4 Å². The number of hydrogen-bond acceptors (Lipinski definition) is 4. The lowest BCUT2D eigenvalue weighted by atomic mass is 9.98.